The SMILES string of the molecule is CC1=CC2CC(N)=CC=C2N1. The summed E-state index contributed by atoms with van der Waals surface area (Å²) in [5.41, 5.74) is 9.20. The zero-order chi connectivity index (χ0) is 7.84. The van der Waals surface area contributed by atoms with Gasteiger partial charge in [-0.2, -0.15) is 0 Å². The summed E-state index contributed by atoms with van der Waals surface area (Å²) in [5.74, 6) is 0.514. The van der Waals surface area contributed by atoms with Crippen molar-refractivity contribution in [2.45, 2.75) is 13.3 Å². The maximum atomic E-state index is 5.70. The van der Waals surface area contributed by atoms with E-state index in [1.54, 1.807) is 0 Å². The van der Waals surface area contributed by atoms with E-state index in [-0.39, 0.29) is 0 Å². The highest BCUT2D eigenvalue weighted by molar-refractivity contribution is 5.34. The largest absolute Gasteiger partial charge is 0.402 e. The van der Waals surface area contributed by atoms with Gasteiger partial charge >= 0.3 is 0 Å². The van der Waals surface area contributed by atoms with E-state index in [0.29, 0.717) is 5.92 Å². The van der Waals surface area contributed by atoms with Crippen LogP contribution in [0.1, 0.15) is 13.3 Å². The fourth-order valence-electron chi connectivity index (χ4n) is 1.61. The van der Waals surface area contributed by atoms with E-state index in [2.05, 4.69) is 24.4 Å². The first kappa shape index (κ1) is 6.53. The van der Waals surface area contributed by atoms with Crippen molar-refractivity contribution in [3.63, 3.8) is 0 Å². The highest BCUT2D eigenvalue weighted by atomic mass is 14.9. The quantitative estimate of drug-likeness (QED) is 0.542. The molecule has 0 radical (unpaired) electrons. The summed E-state index contributed by atoms with van der Waals surface area (Å²) in [5, 5.41) is 3.30. The molecule has 0 fully saturated rings. The minimum Gasteiger partial charge on any atom is -0.402 e. The summed E-state index contributed by atoms with van der Waals surface area (Å²) < 4.78 is 0. The van der Waals surface area contributed by atoms with Gasteiger partial charge in [0.1, 0.15) is 0 Å². The molecule has 2 aliphatic rings. The van der Waals surface area contributed by atoms with Crippen LogP contribution in [0.5, 0.6) is 0 Å². The van der Waals surface area contributed by atoms with Crippen LogP contribution in [0.3, 0.4) is 0 Å². The molecule has 1 heterocycles. The van der Waals surface area contributed by atoms with Crippen molar-refractivity contribution in [3.05, 3.63) is 35.3 Å². The molecular formula is C9H12N2. The van der Waals surface area contributed by atoms with E-state index in [0.717, 1.165) is 12.1 Å². The summed E-state index contributed by atoms with van der Waals surface area (Å²) in [4.78, 5) is 0. The third kappa shape index (κ3) is 1.04. The van der Waals surface area contributed by atoms with Crippen LogP contribution in [0.15, 0.2) is 35.3 Å². The zero-order valence-electron chi connectivity index (χ0n) is 6.59. The van der Waals surface area contributed by atoms with Crippen LogP contribution in [0.4, 0.5) is 0 Å². The Morgan fingerprint density at radius 1 is 1.55 bits per heavy atom. The van der Waals surface area contributed by atoms with E-state index in [4.69, 9.17) is 5.73 Å². The average Bonchev–Trinajstić information content (AvgIpc) is 2.27. The molecule has 0 saturated heterocycles. The molecular weight excluding hydrogens is 136 g/mol. The molecule has 1 aliphatic carbocycles. The molecule has 1 aliphatic heterocycles. The van der Waals surface area contributed by atoms with E-state index in [1.807, 2.05) is 6.08 Å². The van der Waals surface area contributed by atoms with Gasteiger partial charge in [-0.1, -0.05) is 6.08 Å². The molecule has 0 bridgehead atoms. The normalized spacial score (nSPS) is 28.1. The molecule has 3 N–H and O–H groups in total. The van der Waals surface area contributed by atoms with Crippen molar-refractivity contribution >= 4 is 0 Å². The van der Waals surface area contributed by atoms with E-state index >= 15 is 0 Å². The molecule has 0 saturated carbocycles. The second-order valence-corrected chi connectivity index (χ2v) is 3.15. The number of hydrogen-bond donors (Lipinski definition) is 2. The summed E-state index contributed by atoms with van der Waals surface area (Å²) in [7, 11) is 0. The van der Waals surface area contributed by atoms with Gasteiger partial charge in [-0.3, -0.25) is 0 Å². The van der Waals surface area contributed by atoms with Crippen molar-refractivity contribution in [1.29, 1.82) is 0 Å². The van der Waals surface area contributed by atoms with Crippen LogP contribution in [-0.2, 0) is 0 Å². The minimum absolute atomic E-state index is 0.514. The Bertz CT molecular complexity index is 271. The smallest absolute Gasteiger partial charge is 0.0244 e. The van der Waals surface area contributed by atoms with E-state index in [9.17, 15) is 0 Å². The zero-order valence-corrected chi connectivity index (χ0v) is 6.59. The van der Waals surface area contributed by atoms with Gasteiger partial charge in [-0.15, -0.1) is 0 Å². The molecule has 1 unspecified atom stereocenters. The minimum atomic E-state index is 0.514. The molecule has 0 amide bonds. The fourth-order valence-corrected chi connectivity index (χ4v) is 1.61. The molecule has 2 rings (SSSR count). The van der Waals surface area contributed by atoms with Crippen molar-refractivity contribution in [1.82, 2.24) is 5.32 Å². The lowest BCUT2D eigenvalue weighted by Gasteiger charge is -2.14. The monoisotopic (exact) mass is 148 g/mol. The lowest BCUT2D eigenvalue weighted by molar-refractivity contribution is 0.719. The van der Waals surface area contributed by atoms with Gasteiger partial charge in [0.05, 0.1) is 0 Å². The van der Waals surface area contributed by atoms with Gasteiger partial charge in [-0.05, 0) is 25.5 Å². The molecule has 0 aromatic rings. The van der Waals surface area contributed by atoms with Crippen LogP contribution < -0.4 is 11.1 Å². The molecule has 0 aromatic carbocycles. The first-order valence-corrected chi connectivity index (χ1v) is 3.87. The van der Waals surface area contributed by atoms with Gasteiger partial charge in [0.2, 0.25) is 0 Å². The molecule has 1 atom stereocenters. The Morgan fingerprint density at radius 3 is 3.18 bits per heavy atom. The van der Waals surface area contributed by atoms with Gasteiger partial charge in [0.15, 0.2) is 0 Å². The van der Waals surface area contributed by atoms with Crippen molar-refractivity contribution in [2.24, 2.45) is 11.7 Å². The molecule has 0 aromatic heterocycles. The predicted octanol–water partition coefficient (Wildman–Crippen LogP) is 1.24. The summed E-state index contributed by atoms with van der Waals surface area (Å²) in [6.45, 7) is 2.08. The number of allylic oxidation sites excluding steroid dienone is 5. The number of rotatable bonds is 0. The van der Waals surface area contributed by atoms with Gasteiger partial charge in [0, 0.05) is 23.0 Å². The maximum Gasteiger partial charge on any atom is 0.0244 e. The molecule has 58 valence electrons. The highest BCUT2D eigenvalue weighted by Gasteiger charge is 2.20. The van der Waals surface area contributed by atoms with Gasteiger partial charge in [-0.25, -0.2) is 0 Å². The standard InChI is InChI=1S/C9H12N2/c1-6-4-7-5-8(10)2-3-9(7)11-6/h2-4,7,11H,5,10H2,1H3. The number of fused-ring (bicyclic) bond motifs is 1. The molecule has 2 nitrogen and oxygen atoms in total. The number of nitrogens with one attached hydrogen (secondary N) is 1. The maximum absolute atomic E-state index is 5.70. The Labute approximate surface area is 66.5 Å². The molecule has 11 heavy (non-hydrogen) atoms. The first-order chi connectivity index (χ1) is 5.25. The lowest BCUT2D eigenvalue weighted by Crippen LogP contribution is -2.14. The Balaban J connectivity index is 2.27. The summed E-state index contributed by atoms with van der Waals surface area (Å²) in [6.07, 6.45) is 7.24. The average molecular weight is 148 g/mol. The van der Waals surface area contributed by atoms with E-state index in [1.165, 1.54) is 11.4 Å². The van der Waals surface area contributed by atoms with Crippen LogP contribution in [0.25, 0.3) is 0 Å². The first-order valence-electron chi connectivity index (χ1n) is 3.87. The van der Waals surface area contributed by atoms with Gasteiger partial charge in [0.25, 0.3) is 0 Å². The Morgan fingerprint density at radius 2 is 2.36 bits per heavy atom. The van der Waals surface area contributed by atoms with Crippen molar-refractivity contribution in [2.75, 3.05) is 0 Å². The van der Waals surface area contributed by atoms with Crippen LogP contribution in [0.2, 0.25) is 0 Å². The Kier molecular flexibility index (Phi) is 1.28. The summed E-state index contributed by atoms with van der Waals surface area (Å²) in [6, 6.07) is 0. The van der Waals surface area contributed by atoms with Crippen LogP contribution in [-0.4, -0.2) is 0 Å². The fraction of sp³-hybridized carbons (Fsp3) is 0.333. The topological polar surface area (TPSA) is 38.0 Å². The van der Waals surface area contributed by atoms with Crippen molar-refractivity contribution in [3.8, 4) is 0 Å². The molecule has 0 spiro atoms. The second-order valence-electron chi connectivity index (χ2n) is 3.15. The summed E-state index contributed by atoms with van der Waals surface area (Å²) >= 11 is 0. The van der Waals surface area contributed by atoms with E-state index < -0.39 is 0 Å². The third-order valence-electron chi connectivity index (χ3n) is 2.12. The highest BCUT2D eigenvalue weighted by Crippen LogP contribution is 2.28. The number of nitrogens with two attached hydrogens (primary N) is 1. The number of hydrogen-bond acceptors (Lipinski definition) is 2. The predicted molar refractivity (Wildman–Crippen MR) is 45.4 cm³/mol. The van der Waals surface area contributed by atoms with Crippen LogP contribution >= 0.6 is 0 Å². The lowest BCUT2D eigenvalue weighted by atomic mass is 9.97. The Hall–Kier alpha value is -1.18. The molecule has 2 heteroatoms. The third-order valence-corrected chi connectivity index (χ3v) is 2.12. The van der Waals surface area contributed by atoms with Crippen LogP contribution in [0, 0.1) is 5.92 Å². The second kappa shape index (κ2) is 2.16. The van der Waals surface area contributed by atoms with Crippen molar-refractivity contribution < 1.29 is 0 Å². The van der Waals surface area contributed by atoms with Gasteiger partial charge < -0.3 is 11.1 Å².